The highest BCUT2D eigenvalue weighted by Crippen LogP contribution is 2.14. The summed E-state index contributed by atoms with van der Waals surface area (Å²) in [5.74, 6) is 1.87. The van der Waals surface area contributed by atoms with E-state index in [2.05, 4.69) is 37.2 Å². The fourth-order valence-electron chi connectivity index (χ4n) is 2.42. The molecule has 2 rings (SSSR count). The molecule has 0 atom stereocenters. The van der Waals surface area contributed by atoms with Gasteiger partial charge in [0.15, 0.2) is 5.82 Å². The first-order valence-electron chi connectivity index (χ1n) is 8.68. The van der Waals surface area contributed by atoms with Crippen molar-refractivity contribution in [1.82, 2.24) is 24.4 Å². The number of benzene rings is 1. The van der Waals surface area contributed by atoms with Crippen LogP contribution in [0.1, 0.15) is 17.8 Å². The van der Waals surface area contributed by atoms with Gasteiger partial charge in [0.25, 0.3) is 0 Å². The van der Waals surface area contributed by atoms with Crippen molar-refractivity contribution in [2.75, 3.05) is 38.8 Å². The molecule has 10 heteroatoms. The summed E-state index contributed by atoms with van der Waals surface area (Å²) < 4.78 is 32.0. The van der Waals surface area contributed by atoms with Crippen molar-refractivity contribution in [3.05, 3.63) is 35.7 Å². The van der Waals surface area contributed by atoms with E-state index in [1.165, 1.54) is 5.56 Å². The number of aryl methyl sites for hydroxylation is 1. The molecule has 1 aromatic heterocycles. The number of nitrogens with zero attached hydrogens (tertiary/aromatic N) is 4. The second kappa shape index (κ2) is 9.67. The zero-order valence-electron chi connectivity index (χ0n) is 16.3. The molecule has 2 aromatic rings. The van der Waals surface area contributed by atoms with Crippen molar-refractivity contribution < 1.29 is 13.2 Å². The minimum Gasteiger partial charge on any atom is -0.494 e. The lowest BCUT2D eigenvalue weighted by molar-refractivity contribution is 0.313. The maximum absolute atomic E-state index is 11.1. The van der Waals surface area contributed by atoms with E-state index >= 15 is 0 Å². The van der Waals surface area contributed by atoms with Crippen LogP contribution in [0.2, 0.25) is 0 Å². The largest absolute Gasteiger partial charge is 0.494 e. The number of nitrogens with one attached hydrogen (secondary N) is 2. The van der Waals surface area contributed by atoms with Crippen molar-refractivity contribution in [3.8, 4) is 5.75 Å². The molecule has 0 aliphatic carbocycles. The van der Waals surface area contributed by atoms with Gasteiger partial charge in [-0.25, -0.2) is 17.8 Å². The Balaban J connectivity index is 1.73. The van der Waals surface area contributed by atoms with E-state index in [0.29, 0.717) is 24.9 Å². The summed E-state index contributed by atoms with van der Waals surface area (Å²) in [7, 11) is 2.56. The van der Waals surface area contributed by atoms with Crippen LogP contribution in [0.4, 0.5) is 5.95 Å². The molecule has 0 bridgehead atoms. The zero-order chi connectivity index (χ0) is 19.9. The SMILES string of the molecule is CN(C)Cc1cccc(OCCCNc2nc(CNS(C)(=O)=O)nn2C)c1. The van der Waals surface area contributed by atoms with Gasteiger partial charge in [-0.15, -0.1) is 0 Å². The van der Waals surface area contributed by atoms with E-state index in [-0.39, 0.29) is 6.54 Å². The van der Waals surface area contributed by atoms with E-state index in [9.17, 15) is 8.42 Å². The van der Waals surface area contributed by atoms with Crippen molar-refractivity contribution in [2.45, 2.75) is 19.5 Å². The highest BCUT2D eigenvalue weighted by molar-refractivity contribution is 7.88. The molecule has 0 saturated heterocycles. The fourth-order valence-corrected chi connectivity index (χ4v) is 2.81. The third kappa shape index (κ3) is 7.94. The van der Waals surface area contributed by atoms with E-state index in [1.807, 2.05) is 26.2 Å². The van der Waals surface area contributed by atoms with Crippen LogP contribution >= 0.6 is 0 Å². The van der Waals surface area contributed by atoms with Crippen LogP contribution in [0.15, 0.2) is 24.3 Å². The second-order valence-corrected chi connectivity index (χ2v) is 8.42. The molecule has 27 heavy (non-hydrogen) atoms. The van der Waals surface area contributed by atoms with Crippen LogP contribution in [0, 0.1) is 0 Å². The number of aromatic nitrogens is 3. The Morgan fingerprint density at radius 2 is 2.07 bits per heavy atom. The van der Waals surface area contributed by atoms with Crippen LogP contribution in [0.3, 0.4) is 0 Å². The summed E-state index contributed by atoms with van der Waals surface area (Å²) in [6.45, 7) is 2.20. The molecule has 1 heterocycles. The van der Waals surface area contributed by atoms with Gasteiger partial charge < -0.3 is 15.0 Å². The van der Waals surface area contributed by atoms with Gasteiger partial charge in [-0.2, -0.15) is 10.1 Å². The molecule has 0 fully saturated rings. The van der Waals surface area contributed by atoms with Crippen LogP contribution in [-0.4, -0.2) is 61.6 Å². The Bertz CT molecular complexity index is 835. The Morgan fingerprint density at radius 1 is 1.30 bits per heavy atom. The zero-order valence-corrected chi connectivity index (χ0v) is 17.1. The van der Waals surface area contributed by atoms with Gasteiger partial charge in [0.05, 0.1) is 19.4 Å². The number of anilines is 1. The lowest BCUT2D eigenvalue weighted by Crippen LogP contribution is -2.22. The fraction of sp³-hybridized carbons (Fsp3) is 0.529. The summed E-state index contributed by atoms with van der Waals surface area (Å²) in [6.07, 6.45) is 1.90. The van der Waals surface area contributed by atoms with Crippen molar-refractivity contribution in [1.29, 1.82) is 0 Å². The Kier molecular flexibility index (Phi) is 7.57. The van der Waals surface area contributed by atoms with Crippen molar-refractivity contribution >= 4 is 16.0 Å². The van der Waals surface area contributed by atoms with Gasteiger partial charge in [0, 0.05) is 20.1 Å². The Hall–Kier alpha value is -2.17. The number of sulfonamides is 1. The molecule has 2 N–H and O–H groups in total. The summed E-state index contributed by atoms with van der Waals surface area (Å²) >= 11 is 0. The van der Waals surface area contributed by atoms with Gasteiger partial charge >= 0.3 is 0 Å². The molecule has 150 valence electrons. The monoisotopic (exact) mass is 396 g/mol. The van der Waals surface area contributed by atoms with Crippen LogP contribution in [-0.2, 0) is 30.2 Å². The van der Waals surface area contributed by atoms with E-state index in [0.717, 1.165) is 25.0 Å². The van der Waals surface area contributed by atoms with Gasteiger partial charge in [-0.05, 0) is 38.2 Å². The molecule has 0 unspecified atom stereocenters. The molecule has 0 amide bonds. The minimum atomic E-state index is -3.27. The summed E-state index contributed by atoms with van der Waals surface area (Å²) in [4.78, 5) is 6.39. The number of ether oxygens (including phenoxy) is 1. The number of hydrogen-bond acceptors (Lipinski definition) is 7. The summed E-state index contributed by atoms with van der Waals surface area (Å²) in [5, 5.41) is 7.35. The third-order valence-electron chi connectivity index (χ3n) is 3.57. The van der Waals surface area contributed by atoms with E-state index in [4.69, 9.17) is 4.74 Å². The van der Waals surface area contributed by atoms with E-state index < -0.39 is 10.0 Å². The summed E-state index contributed by atoms with van der Waals surface area (Å²) in [5.41, 5.74) is 1.21. The van der Waals surface area contributed by atoms with Crippen molar-refractivity contribution in [2.24, 2.45) is 7.05 Å². The summed E-state index contributed by atoms with van der Waals surface area (Å²) in [6, 6.07) is 8.09. The normalized spacial score (nSPS) is 11.7. The van der Waals surface area contributed by atoms with Crippen LogP contribution in [0.5, 0.6) is 5.75 Å². The highest BCUT2D eigenvalue weighted by atomic mass is 32.2. The molecule has 1 aromatic carbocycles. The lowest BCUT2D eigenvalue weighted by atomic mass is 10.2. The predicted octanol–water partition coefficient (Wildman–Crippen LogP) is 0.807. The maximum Gasteiger partial charge on any atom is 0.221 e. The Labute approximate surface area is 160 Å². The maximum atomic E-state index is 11.1. The molecule has 0 aliphatic heterocycles. The standard InChI is InChI=1S/C17H28N6O3S/c1-22(2)13-14-7-5-8-15(11-14)26-10-6-9-18-17-20-16(21-23(17)3)12-19-27(4,24)25/h5,7-8,11,19H,6,9-10,12-13H2,1-4H3,(H,18,20,21). The Morgan fingerprint density at radius 3 is 2.78 bits per heavy atom. The molecule has 0 saturated carbocycles. The molecule has 0 spiro atoms. The van der Waals surface area contributed by atoms with E-state index in [1.54, 1.807) is 11.7 Å². The first-order chi connectivity index (χ1) is 12.7. The quantitative estimate of drug-likeness (QED) is 0.542. The number of hydrogen-bond donors (Lipinski definition) is 2. The number of rotatable bonds is 11. The average molecular weight is 397 g/mol. The molecule has 9 nitrogen and oxygen atoms in total. The average Bonchev–Trinajstić information content (AvgIpc) is 2.92. The van der Waals surface area contributed by atoms with Crippen LogP contribution in [0.25, 0.3) is 0 Å². The molecule has 0 radical (unpaired) electrons. The highest BCUT2D eigenvalue weighted by Gasteiger charge is 2.09. The van der Waals surface area contributed by atoms with Crippen LogP contribution < -0.4 is 14.8 Å². The van der Waals surface area contributed by atoms with Gasteiger partial charge in [-0.3, -0.25) is 0 Å². The molecular formula is C17H28N6O3S. The minimum absolute atomic E-state index is 0.0702. The van der Waals surface area contributed by atoms with Crippen molar-refractivity contribution in [3.63, 3.8) is 0 Å². The van der Waals surface area contributed by atoms with Gasteiger partial charge in [-0.1, -0.05) is 12.1 Å². The lowest BCUT2D eigenvalue weighted by Gasteiger charge is -2.12. The predicted molar refractivity (Wildman–Crippen MR) is 105 cm³/mol. The van der Waals surface area contributed by atoms with Gasteiger partial charge in [0.1, 0.15) is 5.75 Å². The molecular weight excluding hydrogens is 368 g/mol. The third-order valence-corrected chi connectivity index (χ3v) is 4.24. The topological polar surface area (TPSA) is 101 Å². The first-order valence-corrected chi connectivity index (χ1v) is 10.6. The first kappa shape index (κ1) is 21.1. The smallest absolute Gasteiger partial charge is 0.221 e. The van der Waals surface area contributed by atoms with Gasteiger partial charge in [0.2, 0.25) is 16.0 Å². The molecule has 0 aliphatic rings. The second-order valence-electron chi connectivity index (χ2n) is 6.58.